The van der Waals surface area contributed by atoms with Gasteiger partial charge in [0.2, 0.25) is 0 Å². The first-order valence-electron chi connectivity index (χ1n) is 5.38. The lowest BCUT2D eigenvalue weighted by Crippen LogP contribution is -2.30. The fourth-order valence-corrected chi connectivity index (χ4v) is 1.38. The van der Waals surface area contributed by atoms with Crippen LogP contribution in [0.25, 0.3) is 0 Å². The molecule has 0 aliphatic heterocycles. The number of para-hydroxylation sites is 1. The van der Waals surface area contributed by atoms with E-state index in [1.165, 1.54) is 0 Å². The Labute approximate surface area is 91.3 Å². The van der Waals surface area contributed by atoms with E-state index < -0.39 is 0 Å². The molecule has 1 rings (SSSR count). The first kappa shape index (κ1) is 12.0. The fraction of sp³-hybridized carbons (Fsp3) is 0.500. The zero-order valence-electron chi connectivity index (χ0n) is 9.22. The molecule has 0 aliphatic rings. The van der Waals surface area contributed by atoms with Crippen LogP contribution < -0.4 is 4.74 Å². The maximum Gasteiger partial charge on any atom is 0.119 e. The molecule has 1 N–H and O–H groups in total. The minimum Gasteiger partial charge on any atom is -0.492 e. The average molecular weight is 209 g/mol. The van der Waals surface area contributed by atoms with Crippen molar-refractivity contribution < 1.29 is 9.84 Å². The van der Waals surface area contributed by atoms with E-state index in [1.807, 2.05) is 30.3 Å². The Morgan fingerprint density at radius 1 is 1.20 bits per heavy atom. The van der Waals surface area contributed by atoms with Crippen LogP contribution in [0.4, 0.5) is 0 Å². The zero-order chi connectivity index (χ0) is 10.9. The summed E-state index contributed by atoms with van der Waals surface area (Å²) in [7, 11) is 0. The molecule has 0 amide bonds. The first-order chi connectivity index (χ1) is 7.36. The molecule has 3 heteroatoms. The normalized spacial score (nSPS) is 10.6. The molecule has 84 valence electrons. The number of rotatable bonds is 7. The van der Waals surface area contributed by atoms with E-state index in [0.29, 0.717) is 13.2 Å². The summed E-state index contributed by atoms with van der Waals surface area (Å²) in [5, 5.41) is 8.80. The number of aliphatic hydroxyl groups is 1. The van der Waals surface area contributed by atoms with Gasteiger partial charge in [-0.2, -0.15) is 0 Å². The molecule has 0 saturated heterocycles. The van der Waals surface area contributed by atoms with E-state index in [0.717, 1.165) is 18.8 Å². The van der Waals surface area contributed by atoms with Crippen molar-refractivity contribution in [3.8, 4) is 5.75 Å². The molecule has 3 nitrogen and oxygen atoms in total. The highest BCUT2D eigenvalue weighted by Crippen LogP contribution is 2.07. The van der Waals surface area contributed by atoms with E-state index >= 15 is 0 Å². The molecule has 0 spiro atoms. The second kappa shape index (κ2) is 7.26. The number of aliphatic hydroxyl groups excluding tert-OH is 1. The molecule has 0 bridgehead atoms. The third-order valence-electron chi connectivity index (χ3n) is 2.28. The molecule has 0 radical (unpaired) electrons. The summed E-state index contributed by atoms with van der Waals surface area (Å²) in [4.78, 5) is 2.16. The summed E-state index contributed by atoms with van der Waals surface area (Å²) in [5.74, 6) is 0.901. The summed E-state index contributed by atoms with van der Waals surface area (Å²) >= 11 is 0. The van der Waals surface area contributed by atoms with Crippen molar-refractivity contribution in [2.75, 3.05) is 32.8 Å². The monoisotopic (exact) mass is 209 g/mol. The lowest BCUT2D eigenvalue weighted by molar-refractivity contribution is 0.174. The molecule has 0 unspecified atom stereocenters. The highest BCUT2D eigenvalue weighted by molar-refractivity contribution is 5.20. The van der Waals surface area contributed by atoms with Gasteiger partial charge in [-0.1, -0.05) is 25.1 Å². The standard InChI is InChI=1S/C12H19NO2/c1-2-13(8-10-14)9-11-15-12-6-4-3-5-7-12/h3-7,14H,2,8-11H2,1H3. The number of nitrogens with zero attached hydrogens (tertiary/aromatic N) is 1. The molecule has 0 saturated carbocycles. The van der Waals surface area contributed by atoms with Crippen LogP contribution in [0, 0.1) is 0 Å². The number of ether oxygens (including phenoxy) is 1. The number of hydrogen-bond donors (Lipinski definition) is 1. The van der Waals surface area contributed by atoms with E-state index in [2.05, 4.69) is 11.8 Å². The van der Waals surface area contributed by atoms with E-state index in [4.69, 9.17) is 9.84 Å². The summed E-state index contributed by atoms with van der Waals surface area (Å²) in [6.45, 7) is 5.47. The molecule has 0 fully saturated rings. The SMILES string of the molecule is CCN(CCO)CCOc1ccccc1. The molecule has 1 aromatic carbocycles. The Balaban J connectivity index is 2.20. The van der Waals surface area contributed by atoms with Gasteiger partial charge in [-0.15, -0.1) is 0 Å². The molecule has 0 aliphatic carbocycles. The third kappa shape index (κ3) is 4.81. The Hall–Kier alpha value is -1.06. The molecule has 15 heavy (non-hydrogen) atoms. The summed E-state index contributed by atoms with van der Waals surface area (Å²) in [6.07, 6.45) is 0. The summed E-state index contributed by atoms with van der Waals surface area (Å²) < 4.78 is 5.56. The van der Waals surface area contributed by atoms with Gasteiger partial charge < -0.3 is 9.84 Å². The Bertz CT molecular complexity index is 251. The van der Waals surface area contributed by atoms with Crippen molar-refractivity contribution in [1.82, 2.24) is 4.90 Å². The first-order valence-corrected chi connectivity index (χ1v) is 5.38. The highest BCUT2D eigenvalue weighted by atomic mass is 16.5. The van der Waals surface area contributed by atoms with Crippen LogP contribution in [0.1, 0.15) is 6.92 Å². The Morgan fingerprint density at radius 2 is 1.93 bits per heavy atom. The average Bonchev–Trinajstić information content (AvgIpc) is 2.29. The highest BCUT2D eigenvalue weighted by Gasteiger charge is 2.00. The van der Waals surface area contributed by atoms with Crippen LogP contribution in [0.15, 0.2) is 30.3 Å². The smallest absolute Gasteiger partial charge is 0.119 e. The molecule has 1 aromatic rings. The minimum absolute atomic E-state index is 0.208. The van der Waals surface area contributed by atoms with Crippen LogP contribution in [0.3, 0.4) is 0 Å². The van der Waals surface area contributed by atoms with Crippen LogP contribution in [0.2, 0.25) is 0 Å². The van der Waals surface area contributed by atoms with E-state index in [9.17, 15) is 0 Å². The van der Waals surface area contributed by atoms with E-state index in [-0.39, 0.29) is 6.61 Å². The van der Waals surface area contributed by atoms with Crippen molar-refractivity contribution in [2.45, 2.75) is 6.92 Å². The maximum atomic E-state index is 8.80. The number of likely N-dealkylation sites (N-methyl/N-ethyl adjacent to an activating group) is 1. The largest absolute Gasteiger partial charge is 0.492 e. The zero-order valence-corrected chi connectivity index (χ0v) is 9.22. The fourth-order valence-electron chi connectivity index (χ4n) is 1.38. The molecule has 0 atom stereocenters. The topological polar surface area (TPSA) is 32.7 Å². The van der Waals surface area contributed by atoms with Crippen molar-refractivity contribution in [2.24, 2.45) is 0 Å². The van der Waals surface area contributed by atoms with Gasteiger partial charge in [0, 0.05) is 13.1 Å². The van der Waals surface area contributed by atoms with E-state index in [1.54, 1.807) is 0 Å². The summed E-state index contributed by atoms with van der Waals surface area (Å²) in [6, 6.07) is 9.78. The van der Waals surface area contributed by atoms with Crippen LogP contribution in [-0.4, -0.2) is 42.9 Å². The van der Waals surface area contributed by atoms with Gasteiger partial charge in [0.25, 0.3) is 0 Å². The van der Waals surface area contributed by atoms with Gasteiger partial charge in [0.1, 0.15) is 12.4 Å². The number of benzene rings is 1. The maximum absolute atomic E-state index is 8.80. The lowest BCUT2D eigenvalue weighted by atomic mass is 10.3. The second-order valence-electron chi connectivity index (χ2n) is 3.32. The molecule has 0 heterocycles. The van der Waals surface area contributed by atoms with Crippen molar-refractivity contribution >= 4 is 0 Å². The molecular weight excluding hydrogens is 190 g/mol. The van der Waals surface area contributed by atoms with Crippen molar-refractivity contribution in [3.63, 3.8) is 0 Å². The van der Waals surface area contributed by atoms with Gasteiger partial charge in [0.05, 0.1) is 6.61 Å². The van der Waals surface area contributed by atoms with Gasteiger partial charge in [-0.25, -0.2) is 0 Å². The van der Waals surface area contributed by atoms with Gasteiger partial charge in [-0.05, 0) is 18.7 Å². The summed E-state index contributed by atoms with van der Waals surface area (Å²) in [5.41, 5.74) is 0. The van der Waals surface area contributed by atoms with Crippen molar-refractivity contribution in [1.29, 1.82) is 0 Å². The van der Waals surface area contributed by atoms with Gasteiger partial charge in [0.15, 0.2) is 0 Å². The molecule has 0 aromatic heterocycles. The predicted molar refractivity (Wildman–Crippen MR) is 61.1 cm³/mol. The number of hydrogen-bond acceptors (Lipinski definition) is 3. The predicted octanol–water partition coefficient (Wildman–Crippen LogP) is 1.38. The van der Waals surface area contributed by atoms with Gasteiger partial charge in [-0.3, -0.25) is 4.90 Å². The lowest BCUT2D eigenvalue weighted by Gasteiger charge is -2.18. The Morgan fingerprint density at radius 3 is 2.53 bits per heavy atom. The van der Waals surface area contributed by atoms with Gasteiger partial charge >= 0.3 is 0 Å². The molecular formula is C12H19NO2. The van der Waals surface area contributed by atoms with Crippen molar-refractivity contribution in [3.05, 3.63) is 30.3 Å². The van der Waals surface area contributed by atoms with Crippen LogP contribution in [-0.2, 0) is 0 Å². The quantitative estimate of drug-likeness (QED) is 0.736. The second-order valence-corrected chi connectivity index (χ2v) is 3.32. The Kier molecular flexibility index (Phi) is 5.81. The third-order valence-corrected chi connectivity index (χ3v) is 2.28. The minimum atomic E-state index is 0.208. The van der Waals surface area contributed by atoms with Crippen LogP contribution in [0.5, 0.6) is 5.75 Å². The van der Waals surface area contributed by atoms with Crippen LogP contribution >= 0.6 is 0 Å².